The van der Waals surface area contributed by atoms with E-state index >= 15 is 0 Å². The zero-order valence-corrected chi connectivity index (χ0v) is 18.3. The van der Waals surface area contributed by atoms with Crippen LogP contribution >= 0.6 is 0 Å². The van der Waals surface area contributed by atoms with Crippen LogP contribution in [0.4, 0.5) is 5.69 Å². The molecule has 33 heavy (non-hydrogen) atoms. The second kappa shape index (κ2) is 7.81. The third kappa shape index (κ3) is 3.16. The van der Waals surface area contributed by atoms with Crippen molar-refractivity contribution >= 4 is 29.3 Å². The summed E-state index contributed by atoms with van der Waals surface area (Å²) in [5, 5.41) is 6.25. The van der Waals surface area contributed by atoms with Crippen LogP contribution in [-0.4, -0.2) is 41.1 Å². The van der Waals surface area contributed by atoms with Crippen LogP contribution in [0.3, 0.4) is 0 Å². The molecular weight excluding hydrogens is 420 g/mol. The van der Waals surface area contributed by atoms with Crippen LogP contribution < -0.4 is 16.4 Å². The van der Waals surface area contributed by atoms with E-state index in [9.17, 15) is 19.2 Å². The molecule has 2 saturated heterocycles. The summed E-state index contributed by atoms with van der Waals surface area (Å²) in [6.45, 7) is 2.14. The first-order valence-electron chi connectivity index (χ1n) is 11.2. The van der Waals surface area contributed by atoms with Crippen LogP contribution in [0.2, 0.25) is 0 Å². The highest BCUT2D eigenvalue weighted by Gasteiger charge is 2.70. The Hall–Kier alpha value is -3.52. The SMILES string of the molecule is Cc1cccc2c1NC(=O)[C@]21N[C@H](CCC(N)=O)[C@H]2C(=O)N(CCc3ccccc3)C(=O)[C@@H]21. The van der Waals surface area contributed by atoms with Crippen LogP contribution in [0, 0.1) is 18.8 Å². The Kier molecular flexibility index (Phi) is 5.05. The van der Waals surface area contributed by atoms with Crippen molar-refractivity contribution in [2.45, 2.75) is 37.8 Å². The summed E-state index contributed by atoms with van der Waals surface area (Å²) < 4.78 is 0. The van der Waals surface area contributed by atoms with Crippen LogP contribution in [0.15, 0.2) is 48.5 Å². The van der Waals surface area contributed by atoms with Gasteiger partial charge in [0.1, 0.15) is 5.54 Å². The Morgan fingerprint density at radius 3 is 2.55 bits per heavy atom. The lowest BCUT2D eigenvalue weighted by molar-refractivity contribution is -0.142. The Morgan fingerprint density at radius 2 is 1.82 bits per heavy atom. The van der Waals surface area contributed by atoms with E-state index < -0.39 is 29.3 Å². The van der Waals surface area contributed by atoms with Crippen LogP contribution in [0.1, 0.15) is 29.5 Å². The smallest absolute Gasteiger partial charge is 0.250 e. The van der Waals surface area contributed by atoms with E-state index in [1.807, 2.05) is 55.5 Å². The molecule has 0 aliphatic carbocycles. The molecule has 0 aromatic heterocycles. The molecular formula is C25H26N4O4. The van der Waals surface area contributed by atoms with Gasteiger partial charge in [-0.2, -0.15) is 0 Å². The van der Waals surface area contributed by atoms with Gasteiger partial charge in [-0.3, -0.25) is 29.4 Å². The van der Waals surface area contributed by atoms with Gasteiger partial charge in [-0.25, -0.2) is 0 Å². The van der Waals surface area contributed by atoms with E-state index in [0.717, 1.165) is 11.1 Å². The number of likely N-dealkylation sites (tertiary alicyclic amines) is 1. The number of carbonyl (C=O) groups is 4. The summed E-state index contributed by atoms with van der Waals surface area (Å²) in [5.41, 5.74) is 7.28. The molecule has 4 atom stereocenters. The number of anilines is 1. The van der Waals surface area contributed by atoms with Crippen LogP contribution in [0.5, 0.6) is 0 Å². The van der Waals surface area contributed by atoms with Crippen molar-refractivity contribution in [1.82, 2.24) is 10.2 Å². The Bertz CT molecular complexity index is 1160. The minimum Gasteiger partial charge on any atom is -0.370 e. The molecule has 3 heterocycles. The van der Waals surface area contributed by atoms with Gasteiger partial charge in [0.25, 0.3) is 0 Å². The van der Waals surface area contributed by atoms with Crippen molar-refractivity contribution in [3.63, 3.8) is 0 Å². The molecule has 170 valence electrons. The summed E-state index contributed by atoms with van der Waals surface area (Å²) >= 11 is 0. The van der Waals surface area contributed by atoms with Crippen molar-refractivity contribution in [1.29, 1.82) is 0 Å². The zero-order valence-electron chi connectivity index (χ0n) is 18.3. The Balaban J connectivity index is 1.53. The number of aryl methyl sites for hydroxylation is 1. The number of hydrogen-bond donors (Lipinski definition) is 3. The van der Waals surface area contributed by atoms with E-state index in [1.165, 1.54) is 4.90 Å². The Labute approximate surface area is 191 Å². The first-order chi connectivity index (χ1) is 15.8. The van der Waals surface area contributed by atoms with E-state index in [4.69, 9.17) is 5.73 Å². The third-order valence-corrected chi connectivity index (χ3v) is 7.22. The molecule has 3 aliphatic heterocycles. The number of hydrogen-bond acceptors (Lipinski definition) is 5. The van der Waals surface area contributed by atoms with Gasteiger partial charge in [0.15, 0.2) is 0 Å². The molecule has 8 heteroatoms. The van der Waals surface area contributed by atoms with Crippen LogP contribution in [-0.2, 0) is 31.1 Å². The number of nitrogens with two attached hydrogens (primary N) is 1. The second-order valence-corrected chi connectivity index (χ2v) is 9.08. The maximum absolute atomic E-state index is 13.7. The standard InChI is InChI=1S/C25H26N4O4/c1-14-6-5-9-16-21(14)27-24(33)25(16)20-19(17(28-25)10-11-18(26)30)22(31)29(23(20)32)13-12-15-7-3-2-4-8-15/h2-9,17,19-20,28H,10-13H2,1H3,(H2,26,30)(H,27,33)/t17-,19-,20-,25+/m1/s1. The van der Waals surface area contributed by atoms with Gasteiger partial charge in [-0.15, -0.1) is 0 Å². The maximum Gasteiger partial charge on any atom is 0.250 e. The molecule has 2 aromatic rings. The zero-order chi connectivity index (χ0) is 23.3. The number of fused-ring (bicyclic) bond motifs is 4. The Morgan fingerprint density at radius 1 is 1.06 bits per heavy atom. The van der Waals surface area contributed by atoms with Crippen molar-refractivity contribution in [2.75, 3.05) is 11.9 Å². The highest BCUT2D eigenvalue weighted by molar-refractivity contribution is 6.15. The lowest BCUT2D eigenvalue weighted by atomic mass is 9.76. The molecule has 0 unspecified atom stereocenters. The fraction of sp³-hybridized carbons (Fsp3) is 0.360. The number of carbonyl (C=O) groups excluding carboxylic acids is 4. The summed E-state index contributed by atoms with van der Waals surface area (Å²) in [4.78, 5) is 53.4. The maximum atomic E-state index is 13.7. The minimum absolute atomic E-state index is 0.0603. The third-order valence-electron chi connectivity index (χ3n) is 7.22. The van der Waals surface area contributed by atoms with Gasteiger partial charge in [0.2, 0.25) is 23.6 Å². The molecule has 3 aliphatic rings. The molecule has 8 nitrogen and oxygen atoms in total. The average molecular weight is 447 g/mol. The summed E-state index contributed by atoms with van der Waals surface area (Å²) in [7, 11) is 0. The highest BCUT2D eigenvalue weighted by Crippen LogP contribution is 2.54. The normalized spacial score (nSPS) is 27.7. The number of rotatable bonds is 6. The summed E-state index contributed by atoms with van der Waals surface area (Å²) in [6, 6.07) is 14.7. The topological polar surface area (TPSA) is 122 Å². The van der Waals surface area contributed by atoms with Gasteiger partial charge >= 0.3 is 0 Å². The van der Waals surface area contributed by atoms with Crippen molar-refractivity contribution < 1.29 is 19.2 Å². The van der Waals surface area contributed by atoms with Gasteiger partial charge in [-0.1, -0.05) is 48.5 Å². The number of benzene rings is 2. The second-order valence-electron chi connectivity index (χ2n) is 9.08. The molecule has 2 aromatic carbocycles. The van der Waals surface area contributed by atoms with Crippen molar-refractivity contribution in [3.05, 3.63) is 65.2 Å². The summed E-state index contributed by atoms with van der Waals surface area (Å²) in [6.07, 6.45) is 0.870. The molecule has 0 bridgehead atoms. The summed E-state index contributed by atoms with van der Waals surface area (Å²) in [5.74, 6) is -3.08. The lowest BCUT2D eigenvalue weighted by Gasteiger charge is -2.29. The molecule has 0 saturated carbocycles. The number of para-hydroxylation sites is 1. The predicted octanol–water partition coefficient (Wildman–Crippen LogP) is 1.22. The number of nitrogens with one attached hydrogen (secondary N) is 2. The molecule has 4 N–H and O–H groups in total. The van der Waals surface area contributed by atoms with E-state index in [2.05, 4.69) is 10.6 Å². The van der Waals surface area contributed by atoms with Gasteiger partial charge < -0.3 is 11.1 Å². The van der Waals surface area contributed by atoms with Crippen molar-refractivity contribution in [2.24, 2.45) is 17.6 Å². The first kappa shape index (κ1) is 21.3. The number of primary amides is 1. The fourth-order valence-corrected chi connectivity index (χ4v) is 5.69. The molecule has 4 amide bonds. The van der Waals surface area contributed by atoms with Crippen LogP contribution in [0.25, 0.3) is 0 Å². The highest BCUT2D eigenvalue weighted by atomic mass is 16.2. The molecule has 0 radical (unpaired) electrons. The minimum atomic E-state index is -1.34. The quantitative estimate of drug-likeness (QED) is 0.576. The molecule has 5 rings (SSSR count). The van der Waals surface area contributed by atoms with Gasteiger partial charge in [0.05, 0.1) is 11.8 Å². The van der Waals surface area contributed by atoms with Gasteiger partial charge in [0, 0.05) is 30.3 Å². The van der Waals surface area contributed by atoms with E-state index in [1.54, 1.807) is 0 Å². The fourth-order valence-electron chi connectivity index (χ4n) is 5.69. The monoisotopic (exact) mass is 446 g/mol. The van der Waals surface area contributed by atoms with E-state index in [-0.39, 0.29) is 37.1 Å². The lowest BCUT2D eigenvalue weighted by Crippen LogP contribution is -2.53. The molecule has 1 spiro atoms. The predicted molar refractivity (Wildman–Crippen MR) is 121 cm³/mol. The number of imide groups is 1. The number of amides is 4. The largest absolute Gasteiger partial charge is 0.370 e. The van der Waals surface area contributed by atoms with Crippen molar-refractivity contribution in [3.8, 4) is 0 Å². The average Bonchev–Trinajstić information content (AvgIpc) is 3.38. The number of nitrogens with zero attached hydrogens (tertiary/aromatic N) is 1. The van der Waals surface area contributed by atoms with E-state index in [0.29, 0.717) is 17.7 Å². The van der Waals surface area contributed by atoms with Gasteiger partial charge in [-0.05, 0) is 30.9 Å². The molecule has 2 fully saturated rings. The first-order valence-corrected chi connectivity index (χ1v) is 11.2.